The number of benzene rings is 2. The number of hydrogen-bond acceptors (Lipinski definition) is 3. The van der Waals surface area contributed by atoms with E-state index in [-0.39, 0.29) is 12.1 Å². The van der Waals surface area contributed by atoms with Gasteiger partial charge in [0.2, 0.25) is 0 Å². The lowest BCUT2D eigenvalue weighted by Gasteiger charge is -2.26. The summed E-state index contributed by atoms with van der Waals surface area (Å²) in [7, 11) is 0. The Hall–Kier alpha value is -2.38. The average Bonchev–Trinajstić information content (AvgIpc) is 3.43. The minimum Gasteiger partial charge on any atom is -0.459 e. The fourth-order valence-electron chi connectivity index (χ4n) is 4.05. The monoisotopic (exact) mass is 557 g/mol. The van der Waals surface area contributed by atoms with Gasteiger partial charge in [0.05, 0.1) is 21.8 Å². The van der Waals surface area contributed by atoms with Gasteiger partial charge >= 0.3 is 0 Å². The van der Waals surface area contributed by atoms with E-state index in [1.807, 2.05) is 54.6 Å². The van der Waals surface area contributed by atoms with Gasteiger partial charge in [-0.3, -0.25) is 4.98 Å². The first-order valence-corrected chi connectivity index (χ1v) is 12.2. The zero-order valence-electron chi connectivity index (χ0n) is 17.4. The highest BCUT2D eigenvalue weighted by Gasteiger charge is 2.42. The number of halogens is 3. The van der Waals surface area contributed by atoms with Crippen LogP contribution in [0.15, 0.2) is 81.8 Å². The van der Waals surface area contributed by atoms with Crippen LogP contribution in [0.5, 0.6) is 0 Å². The van der Waals surface area contributed by atoms with E-state index in [2.05, 4.69) is 44.1 Å². The molecular formula is C25H18BrCl2N3OS. The molecule has 0 spiro atoms. The van der Waals surface area contributed by atoms with Crippen LogP contribution in [0.1, 0.15) is 29.1 Å². The third-order valence-corrected chi connectivity index (χ3v) is 7.68. The number of hydrogen-bond donors (Lipinski definition) is 1. The molecule has 5 rings (SSSR count). The maximum absolute atomic E-state index is 6.45. The predicted octanol–water partition coefficient (Wildman–Crippen LogP) is 7.90. The highest BCUT2D eigenvalue weighted by Crippen LogP contribution is 2.44. The van der Waals surface area contributed by atoms with E-state index >= 15 is 0 Å². The second-order valence-corrected chi connectivity index (χ2v) is 9.76. The van der Waals surface area contributed by atoms with Crippen molar-refractivity contribution in [1.82, 2.24) is 10.3 Å². The molecule has 8 heteroatoms. The van der Waals surface area contributed by atoms with Crippen LogP contribution in [0.3, 0.4) is 0 Å². The molecule has 0 amide bonds. The van der Waals surface area contributed by atoms with Gasteiger partial charge in [0.25, 0.3) is 0 Å². The van der Waals surface area contributed by atoms with Crippen LogP contribution >= 0.6 is 51.3 Å². The molecule has 2 aromatic carbocycles. The summed E-state index contributed by atoms with van der Waals surface area (Å²) in [6, 6.07) is 20.9. The van der Waals surface area contributed by atoms with Gasteiger partial charge in [0.1, 0.15) is 17.6 Å². The fraction of sp³-hybridized carbons (Fsp3) is 0.120. The van der Waals surface area contributed by atoms with Crippen LogP contribution in [0, 0.1) is 6.92 Å². The van der Waals surface area contributed by atoms with Crippen LogP contribution in [0.2, 0.25) is 10.0 Å². The molecule has 33 heavy (non-hydrogen) atoms. The van der Waals surface area contributed by atoms with Gasteiger partial charge in [-0.2, -0.15) is 0 Å². The molecule has 0 saturated carbocycles. The van der Waals surface area contributed by atoms with Crippen molar-refractivity contribution in [2.45, 2.75) is 19.0 Å². The lowest BCUT2D eigenvalue weighted by molar-refractivity contribution is 0.439. The highest BCUT2D eigenvalue weighted by molar-refractivity contribution is 9.10. The van der Waals surface area contributed by atoms with Crippen LogP contribution in [-0.4, -0.2) is 10.1 Å². The Labute approximate surface area is 215 Å². The standard InChI is InChI=1S/C25H18BrCl2N3OS/c1-14-13-15(8-9-17(14)26)31-24(23(30-25(31)33)19-7-2-3-12-29-19)21-11-10-20(32-21)16-5-4-6-18(27)22(16)28/h2-13,23-24H,1H3,(H,30,33)/t23-,24+/m1/s1. The van der Waals surface area contributed by atoms with Gasteiger partial charge in [-0.1, -0.05) is 51.3 Å². The number of nitrogens with one attached hydrogen (secondary N) is 1. The second-order valence-electron chi connectivity index (χ2n) is 7.73. The zero-order valence-corrected chi connectivity index (χ0v) is 21.3. The van der Waals surface area contributed by atoms with Gasteiger partial charge in [0, 0.05) is 21.9 Å². The quantitative estimate of drug-likeness (QED) is 0.258. The summed E-state index contributed by atoms with van der Waals surface area (Å²) >= 11 is 22.1. The smallest absolute Gasteiger partial charge is 0.174 e. The topological polar surface area (TPSA) is 41.3 Å². The van der Waals surface area contributed by atoms with Crippen molar-refractivity contribution in [2.75, 3.05) is 4.90 Å². The van der Waals surface area contributed by atoms with E-state index in [0.717, 1.165) is 32.7 Å². The molecule has 0 aliphatic carbocycles. The van der Waals surface area contributed by atoms with E-state index in [1.165, 1.54) is 0 Å². The number of aryl methyl sites for hydroxylation is 1. The zero-order chi connectivity index (χ0) is 23.1. The Morgan fingerprint density at radius 3 is 2.67 bits per heavy atom. The summed E-state index contributed by atoms with van der Waals surface area (Å²) in [5.74, 6) is 1.38. The molecule has 4 nitrogen and oxygen atoms in total. The summed E-state index contributed by atoms with van der Waals surface area (Å²) in [6.45, 7) is 2.05. The average molecular weight is 559 g/mol. The number of furan rings is 1. The normalized spacial score (nSPS) is 17.9. The molecule has 3 heterocycles. The van der Waals surface area contributed by atoms with Crippen molar-refractivity contribution < 1.29 is 4.42 Å². The Morgan fingerprint density at radius 1 is 1.06 bits per heavy atom. The molecule has 1 saturated heterocycles. The van der Waals surface area contributed by atoms with Gasteiger partial charge in [-0.05, 0) is 79.3 Å². The summed E-state index contributed by atoms with van der Waals surface area (Å²) in [5, 5.41) is 5.00. The van der Waals surface area contributed by atoms with Crippen LogP contribution in [-0.2, 0) is 0 Å². The first-order valence-electron chi connectivity index (χ1n) is 10.2. The van der Waals surface area contributed by atoms with Gasteiger partial charge < -0.3 is 14.6 Å². The Kier molecular flexibility index (Phi) is 6.18. The maximum Gasteiger partial charge on any atom is 0.174 e. The largest absolute Gasteiger partial charge is 0.459 e. The summed E-state index contributed by atoms with van der Waals surface area (Å²) in [5.41, 5.74) is 3.70. The molecule has 1 N–H and O–H groups in total. The van der Waals surface area contributed by atoms with E-state index < -0.39 is 0 Å². The number of aromatic nitrogens is 1. The van der Waals surface area contributed by atoms with Crippen molar-refractivity contribution in [3.63, 3.8) is 0 Å². The Bertz CT molecular complexity index is 1340. The first-order chi connectivity index (χ1) is 15.9. The number of anilines is 1. The van der Waals surface area contributed by atoms with E-state index in [9.17, 15) is 0 Å². The number of rotatable bonds is 4. The van der Waals surface area contributed by atoms with Crippen LogP contribution in [0.25, 0.3) is 11.3 Å². The van der Waals surface area contributed by atoms with Gasteiger partial charge in [-0.25, -0.2) is 0 Å². The van der Waals surface area contributed by atoms with Crippen molar-refractivity contribution >= 4 is 62.1 Å². The second kappa shape index (κ2) is 9.11. The SMILES string of the molecule is Cc1cc(N2C(=S)N[C@H](c3ccccn3)[C@@H]2c2ccc(-c3cccc(Cl)c3Cl)o2)ccc1Br. The van der Waals surface area contributed by atoms with Gasteiger partial charge in [0.15, 0.2) is 5.11 Å². The van der Waals surface area contributed by atoms with Crippen molar-refractivity contribution in [1.29, 1.82) is 0 Å². The third-order valence-electron chi connectivity index (χ3n) is 5.65. The van der Waals surface area contributed by atoms with E-state index in [4.69, 9.17) is 39.8 Å². The summed E-state index contributed by atoms with van der Waals surface area (Å²) in [6.07, 6.45) is 1.78. The Balaban J connectivity index is 1.62. The van der Waals surface area contributed by atoms with Crippen LogP contribution in [0.4, 0.5) is 5.69 Å². The molecule has 1 aliphatic heterocycles. The fourth-order valence-corrected chi connectivity index (χ4v) is 5.04. The van der Waals surface area contributed by atoms with Gasteiger partial charge in [-0.15, -0.1) is 0 Å². The first kappa shape index (κ1) is 22.4. The predicted molar refractivity (Wildman–Crippen MR) is 141 cm³/mol. The number of pyridine rings is 1. The van der Waals surface area contributed by atoms with Crippen molar-refractivity contribution in [3.05, 3.63) is 104 Å². The van der Waals surface area contributed by atoms with Crippen molar-refractivity contribution in [3.8, 4) is 11.3 Å². The molecule has 0 bridgehead atoms. The maximum atomic E-state index is 6.45. The minimum atomic E-state index is -0.250. The van der Waals surface area contributed by atoms with Crippen LogP contribution < -0.4 is 10.2 Å². The molecule has 166 valence electrons. The van der Waals surface area contributed by atoms with Crippen molar-refractivity contribution in [2.24, 2.45) is 0 Å². The summed E-state index contributed by atoms with van der Waals surface area (Å²) in [4.78, 5) is 6.66. The molecule has 2 atom stereocenters. The molecule has 4 aromatic rings. The molecule has 1 fully saturated rings. The molecule has 0 radical (unpaired) electrons. The van der Waals surface area contributed by atoms with E-state index in [1.54, 1.807) is 12.3 Å². The van der Waals surface area contributed by atoms with E-state index in [0.29, 0.717) is 20.9 Å². The lowest BCUT2D eigenvalue weighted by atomic mass is 10.0. The number of thiocarbonyl (C=S) groups is 1. The molecule has 2 aromatic heterocycles. The lowest BCUT2D eigenvalue weighted by Crippen LogP contribution is -2.29. The Morgan fingerprint density at radius 2 is 1.91 bits per heavy atom. The highest BCUT2D eigenvalue weighted by atomic mass is 79.9. The minimum absolute atomic E-state index is 0.198. The molecule has 0 unspecified atom stereocenters. The summed E-state index contributed by atoms with van der Waals surface area (Å²) < 4.78 is 7.41. The number of nitrogens with zero attached hydrogens (tertiary/aromatic N) is 2. The molecular weight excluding hydrogens is 541 g/mol. The third kappa shape index (κ3) is 4.17. The molecule has 1 aliphatic rings.